The summed E-state index contributed by atoms with van der Waals surface area (Å²) in [6.45, 7) is 6.52. The van der Waals surface area contributed by atoms with Gasteiger partial charge in [0.2, 0.25) is 0 Å². The number of ether oxygens (including phenoxy) is 1. The molecule has 84 valence electrons. The van der Waals surface area contributed by atoms with Gasteiger partial charge >= 0.3 is 5.97 Å². The Morgan fingerprint density at radius 2 is 2.27 bits per heavy atom. The predicted molar refractivity (Wildman–Crippen MR) is 59.3 cm³/mol. The summed E-state index contributed by atoms with van der Waals surface area (Å²) < 4.78 is 5.14. The fourth-order valence-electron chi connectivity index (χ4n) is 3.29. The van der Waals surface area contributed by atoms with Crippen LogP contribution in [0.25, 0.3) is 0 Å². The molecule has 0 aromatic carbocycles. The maximum atomic E-state index is 11.8. The number of hydrogen-bond donors (Lipinski definition) is 0. The van der Waals surface area contributed by atoms with Gasteiger partial charge in [0.05, 0.1) is 12.5 Å². The minimum absolute atomic E-state index is 0.00745. The molecular formula is C13H20O2. The highest BCUT2D eigenvalue weighted by Crippen LogP contribution is 2.48. The van der Waals surface area contributed by atoms with Crippen molar-refractivity contribution in [2.75, 3.05) is 6.61 Å². The maximum Gasteiger partial charge on any atom is 0.309 e. The Morgan fingerprint density at radius 3 is 3.00 bits per heavy atom. The van der Waals surface area contributed by atoms with Gasteiger partial charge in [-0.2, -0.15) is 0 Å². The first-order chi connectivity index (χ1) is 7.24. The van der Waals surface area contributed by atoms with Crippen LogP contribution < -0.4 is 0 Å². The molecule has 1 unspecified atom stereocenters. The average molecular weight is 208 g/mol. The van der Waals surface area contributed by atoms with Crippen molar-refractivity contribution in [2.24, 2.45) is 17.8 Å². The van der Waals surface area contributed by atoms with Crippen LogP contribution in [-0.4, -0.2) is 12.6 Å². The minimum Gasteiger partial charge on any atom is -0.466 e. The molecule has 2 heteroatoms. The quantitative estimate of drug-likeness (QED) is 0.515. The van der Waals surface area contributed by atoms with Gasteiger partial charge in [-0.05, 0) is 50.9 Å². The second-order valence-electron chi connectivity index (χ2n) is 4.77. The lowest BCUT2D eigenvalue weighted by Crippen LogP contribution is -2.27. The second kappa shape index (κ2) is 4.38. The summed E-state index contributed by atoms with van der Waals surface area (Å²) in [5.74, 6) is 1.26. The third kappa shape index (κ3) is 1.95. The molecule has 15 heavy (non-hydrogen) atoms. The van der Waals surface area contributed by atoms with Crippen LogP contribution in [-0.2, 0) is 9.53 Å². The van der Waals surface area contributed by atoms with E-state index in [1.807, 2.05) is 6.92 Å². The zero-order chi connectivity index (χ0) is 10.8. The minimum atomic E-state index is 0.00745. The molecule has 2 nitrogen and oxygen atoms in total. The van der Waals surface area contributed by atoms with E-state index < -0.39 is 0 Å². The van der Waals surface area contributed by atoms with Crippen molar-refractivity contribution in [3.05, 3.63) is 12.2 Å². The lowest BCUT2D eigenvalue weighted by molar-refractivity contribution is -0.149. The molecule has 0 aliphatic heterocycles. The van der Waals surface area contributed by atoms with E-state index in [1.165, 1.54) is 24.8 Å². The van der Waals surface area contributed by atoms with Gasteiger partial charge in [0.1, 0.15) is 0 Å². The Bertz CT molecular complexity index is 270. The van der Waals surface area contributed by atoms with Crippen molar-refractivity contribution in [3.63, 3.8) is 0 Å². The fraction of sp³-hybridized carbons (Fsp3) is 0.769. The van der Waals surface area contributed by atoms with Gasteiger partial charge < -0.3 is 4.74 Å². The SMILES string of the molecule is C=C1CCC[C@H]2CCC(C(=O)OCC)[C@@H]12. The molecule has 0 spiro atoms. The van der Waals surface area contributed by atoms with Gasteiger partial charge in [-0.3, -0.25) is 4.79 Å². The van der Waals surface area contributed by atoms with Gasteiger partial charge in [-0.25, -0.2) is 0 Å². The summed E-state index contributed by atoms with van der Waals surface area (Å²) in [6, 6.07) is 0. The van der Waals surface area contributed by atoms with Crippen molar-refractivity contribution >= 4 is 5.97 Å². The van der Waals surface area contributed by atoms with E-state index in [0.717, 1.165) is 12.8 Å². The third-order valence-electron chi connectivity index (χ3n) is 3.92. The van der Waals surface area contributed by atoms with E-state index in [4.69, 9.17) is 4.74 Å². The smallest absolute Gasteiger partial charge is 0.309 e. The van der Waals surface area contributed by atoms with E-state index in [0.29, 0.717) is 18.4 Å². The van der Waals surface area contributed by atoms with Gasteiger partial charge in [0.15, 0.2) is 0 Å². The number of hydrogen-bond acceptors (Lipinski definition) is 2. The highest BCUT2D eigenvalue weighted by Gasteiger charge is 2.43. The van der Waals surface area contributed by atoms with E-state index in [9.17, 15) is 4.79 Å². The molecule has 0 amide bonds. The molecule has 0 saturated heterocycles. The topological polar surface area (TPSA) is 26.3 Å². The Balaban J connectivity index is 2.07. The van der Waals surface area contributed by atoms with Crippen molar-refractivity contribution in [2.45, 2.75) is 39.0 Å². The molecule has 0 aromatic heterocycles. The zero-order valence-corrected chi connectivity index (χ0v) is 9.50. The normalized spacial score (nSPS) is 35.0. The molecule has 0 aromatic rings. The van der Waals surface area contributed by atoms with E-state index in [-0.39, 0.29) is 11.9 Å². The standard InChI is InChI=1S/C13H20O2/c1-3-15-13(14)11-8-7-10-6-4-5-9(2)12(10)11/h10-12H,2-8H2,1H3/t10-,11?,12-/m0/s1. The van der Waals surface area contributed by atoms with Gasteiger partial charge in [0.25, 0.3) is 0 Å². The number of allylic oxidation sites excluding steroid dienone is 1. The van der Waals surface area contributed by atoms with Crippen molar-refractivity contribution in [1.29, 1.82) is 0 Å². The van der Waals surface area contributed by atoms with Crippen LogP contribution in [0.15, 0.2) is 12.2 Å². The zero-order valence-electron chi connectivity index (χ0n) is 9.50. The Kier molecular flexibility index (Phi) is 3.13. The third-order valence-corrected chi connectivity index (χ3v) is 3.92. The summed E-state index contributed by atoms with van der Waals surface area (Å²) in [7, 11) is 0. The number of esters is 1. The maximum absolute atomic E-state index is 11.8. The molecular weight excluding hydrogens is 188 g/mol. The largest absolute Gasteiger partial charge is 0.466 e. The van der Waals surface area contributed by atoms with Gasteiger partial charge in [-0.15, -0.1) is 0 Å². The summed E-state index contributed by atoms with van der Waals surface area (Å²) in [6.07, 6.45) is 5.84. The van der Waals surface area contributed by atoms with E-state index >= 15 is 0 Å². The first kappa shape index (κ1) is 10.7. The van der Waals surface area contributed by atoms with Crippen LogP contribution in [0, 0.1) is 17.8 Å². The molecule has 0 radical (unpaired) electrons. The van der Waals surface area contributed by atoms with Crippen LogP contribution >= 0.6 is 0 Å². The van der Waals surface area contributed by atoms with Crippen LogP contribution in [0.1, 0.15) is 39.0 Å². The molecule has 2 saturated carbocycles. The Hall–Kier alpha value is -0.790. The van der Waals surface area contributed by atoms with Crippen LogP contribution in [0.5, 0.6) is 0 Å². The number of carbonyl (C=O) groups is 1. The van der Waals surface area contributed by atoms with Crippen molar-refractivity contribution in [1.82, 2.24) is 0 Å². The first-order valence-electron chi connectivity index (χ1n) is 6.08. The highest BCUT2D eigenvalue weighted by molar-refractivity contribution is 5.73. The highest BCUT2D eigenvalue weighted by atomic mass is 16.5. The number of fused-ring (bicyclic) bond motifs is 1. The summed E-state index contributed by atoms with van der Waals surface area (Å²) >= 11 is 0. The predicted octanol–water partition coefficient (Wildman–Crippen LogP) is 2.93. The average Bonchev–Trinajstić information content (AvgIpc) is 2.63. The lowest BCUT2D eigenvalue weighted by atomic mass is 9.75. The van der Waals surface area contributed by atoms with E-state index in [1.54, 1.807) is 0 Å². The van der Waals surface area contributed by atoms with Crippen LogP contribution in [0.3, 0.4) is 0 Å². The Labute approximate surface area is 91.7 Å². The first-order valence-corrected chi connectivity index (χ1v) is 6.08. The fourth-order valence-corrected chi connectivity index (χ4v) is 3.29. The molecule has 3 atom stereocenters. The van der Waals surface area contributed by atoms with Gasteiger partial charge in [0, 0.05) is 0 Å². The molecule has 0 heterocycles. The van der Waals surface area contributed by atoms with E-state index in [2.05, 4.69) is 6.58 Å². The summed E-state index contributed by atoms with van der Waals surface area (Å²) in [5.41, 5.74) is 1.29. The van der Waals surface area contributed by atoms with Crippen molar-refractivity contribution in [3.8, 4) is 0 Å². The van der Waals surface area contributed by atoms with Crippen molar-refractivity contribution < 1.29 is 9.53 Å². The monoisotopic (exact) mass is 208 g/mol. The molecule has 2 fully saturated rings. The van der Waals surface area contributed by atoms with Gasteiger partial charge in [-0.1, -0.05) is 12.2 Å². The molecule has 0 N–H and O–H groups in total. The summed E-state index contributed by atoms with van der Waals surface area (Å²) in [4.78, 5) is 11.8. The molecule has 2 aliphatic carbocycles. The van der Waals surface area contributed by atoms with Crippen LogP contribution in [0.4, 0.5) is 0 Å². The molecule has 2 aliphatic rings. The molecule has 2 rings (SSSR count). The second-order valence-corrected chi connectivity index (χ2v) is 4.77. The molecule has 0 bridgehead atoms. The number of rotatable bonds is 2. The lowest BCUT2D eigenvalue weighted by Gasteiger charge is -2.30. The summed E-state index contributed by atoms with van der Waals surface area (Å²) in [5, 5.41) is 0. The Morgan fingerprint density at radius 1 is 1.47 bits per heavy atom. The number of carbonyl (C=O) groups excluding carboxylic acids is 1. The van der Waals surface area contributed by atoms with Crippen LogP contribution in [0.2, 0.25) is 0 Å².